The maximum absolute atomic E-state index is 6.36. The van der Waals surface area contributed by atoms with Crippen molar-refractivity contribution in [1.82, 2.24) is 48.2 Å². The van der Waals surface area contributed by atoms with Gasteiger partial charge in [0.05, 0.1) is 83.1 Å². The van der Waals surface area contributed by atoms with Gasteiger partial charge in [0, 0.05) is 126 Å². The topological polar surface area (TPSA) is 150 Å². The Bertz CT molecular complexity index is 10500. The Kier molecular flexibility index (Phi) is 18.1. The second-order valence-electron chi connectivity index (χ2n) is 37.3. The molecule has 14 nitrogen and oxygen atoms in total. The van der Waals surface area contributed by atoms with E-state index in [2.05, 4.69) is 323 Å². The number of benzene rings is 19. The van der Waals surface area contributed by atoms with Crippen molar-refractivity contribution in [2.75, 3.05) is 0 Å². The van der Waals surface area contributed by atoms with E-state index in [1.165, 1.54) is 87.4 Å². The number of nitrogens with zero attached hydrogens (tertiary/aromatic N) is 10. The van der Waals surface area contributed by atoms with Gasteiger partial charge in [-0.05, 0) is 144 Å². The molecule has 0 amide bonds. The van der Waals surface area contributed by atoms with Gasteiger partial charge >= 0.3 is 0 Å². The molecule has 19 aromatic carbocycles. The van der Waals surface area contributed by atoms with Gasteiger partial charge < -0.3 is 35.9 Å². The first kappa shape index (κ1) is 81.0. The number of aromatic nitrogens is 10. The van der Waals surface area contributed by atoms with Gasteiger partial charge in [-0.2, -0.15) is 15.0 Å². The fraction of sp³-hybridized carbons (Fsp3) is 0.0233. The van der Waals surface area contributed by atoms with E-state index in [0.29, 0.717) is 34.6 Å². The number of fused-ring (bicyclic) bond motifs is 30. The summed E-state index contributed by atoms with van der Waals surface area (Å²) in [6.45, 7) is 4.69. The molecule has 0 saturated heterocycles. The first-order valence-electron chi connectivity index (χ1n) is 48.3. The third-order valence-corrected chi connectivity index (χ3v) is 29.0. The molecule has 0 saturated carbocycles. The van der Waals surface area contributed by atoms with Crippen LogP contribution in [0.5, 0.6) is 0 Å². The van der Waals surface area contributed by atoms with Gasteiger partial charge in [0.2, 0.25) is 17.1 Å². The molecule has 0 radical (unpaired) electrons. The maximum atomic E-state index is 6.36. The third-order valence-electron chi connectivity index (χ3n) is 29.0. The molecule has 1 aliphatic rings. The number of hydrogen-bond acceptors (Lipinski definition) is 10. The first-order valence-corrected chi connectivity index (χ1v) is 48.3. The van der Waals surface area contributed by atoms with E-state index in [1.807, 2.05) is 158 Å². The summed E-state index contributed by atoms with van der Waals surface area (Å²) in [7, 11) is 0. The van der Waals surface area contributed by atoms with Gasteiger partial charge in [-0.15, -0.1) is 0 Å². The molecule has 0 aliphatic heterocycles. The van der Waals surface area contributed by atoms with E-state index in [-0.39, 0.29) is 5.41 Å². The van der Waals surface area contributed by atoms with Gasteiger partial charge in [-0.1, -0.05) is 341 Å². The summed E-state index contributed by atoms with van der Waals surface area (Å²) in [6, 6.07) is 157. The molecule has 30 aromatic rings. The Morgan fingerprint density at radius 3 is 1.00 bits per heavy atom. The molecule has 143 heavy (non-hydrogen) atoms. The van der Waals surface area contributed by atoms with Crippen LogP contribution in [0.1, 0.15) is 25.0 Å². The van der Waals surface area contributed by atoms with Gasteiger partial charge in [0.15, 0.2) is 17.5 Å². The van der Waals surface area contributed by atoms with Crippen molar-refractivity contribution in [2.45, 2.75) is 19.3 Å². The lowest BCUT2D eigenvalue weighted by Gasteiger charge is -2.21. The van der Waals surface area contributed by atoms with E-state index in [4.69, 9.17) is 47.6 Å². The number of para-hydroxylation sites is 10. The molecule has 11 heterocycles. The average Bonchev–Trinajstić information content (AvgIpc) is 1.54. The smallest absolute Gasteiger partial charge is 0.231 e. The van der Waals surface area contributed by atoms with Gasteiger partial charge in [0.1, 0.15) is 27.9 Å². The predicted molar refractivity (Wildman–Crippen MR) is 583 cm³/mol. The largest absolute Gasteiger partial charge is 0.456 e. The van der Waals surface area contributed by atoms with Crippen LogP contribution in [0, 0.1) is 0 Å². The molecule has 31 rings (SSSR count). The van der Waals surface area contributed by atoms with Gasteiger partial charge in [-0.25, -0.2) is 15.0 Å². The standard InChI is InChI=1S/C46H28N4O.C43H29N3O.C40H23N3O2/c1-3-14-29(15-4-1)45-47-44(43-35-22-9-12-25-40(35)51-46(43)48-45)30-16-13-19-32(28-30)50-37-24-11-8-21-34(37)42-39(50)27-26-38-41(42)33-20-7-10-23-36(33)49(38)31-17-5-2-6-18-31;1-43(2)32-20-9-6-17-29(32)37-33(43)23-24-35-38(37)30-18-7-10-21-34(30)46(35)28-16-12-15-27(25-28)40-39-31-19-8-11-22-36(31)47-42(39)45-41(44-40)26-13-4-3-5-14-26;1-2-12-24(13-3-1)39-41-38(37-28-17-7-11-21-33(28)45-40(37)42-39)26-15-5-9-19-30(26)43-29-18-8-4-14-25(29)35-31(43)22-23-34-36(35)27-16-6-10-20-32(27)44-34/h1-28H;3-25H,1-2H3;1-23H. The zero-order chi connectivity index (χ0) is 94.2. The lowest BCUT2D eigenvalue weighted by atomic mass is 9.82. The quantitative estimate of drug-likeness (QED) is 0.129. The molecule has 0 atom stereocenters. The highest BCUT2D eigenvalue weighted by Crippen LogP contribution is 2.55. The van der Waals surface area contributed by atoms with Crippen molar-refractivity contribution in [3.05, 3.63) is 460 Å². The summed E-state index contributed by atoms with van der Waals surface area (Å²) in [4.78, 5) is 30.5. The zero-order valence-corrected chi connectivity index (χ0v) is 77.3. The molecule has 0 unspecified atom stereocenters. The minimum atomic E-state index is -0.0640. The number of furan rings is 4. The summed E-state index contributed by atoms with van der Waals surface area (Å²) >= 11 is 0. The molecule has 14 heteroatoms. The van der Waals surface area contributed by atoms with Crippen molar-refractivity contribution in [3.8, 4) is 102 Å². The van der Waals surface area contributed by atoms with Crippen LogP contribution in [0.3, 0.4) is 0 Å². The van der Waals surface area contributed by atoms with E-state index < -0.39 is 0 Å². The zero-order valence-electron chi connectivity index (χ0n) is 77.3. The molecular formula is C129H80N10O4. The van der Waals surface area contributed by atoms with Crippen molar-refractivity contribution < 1.29 is 17.7 Å². The summed E-state index contributed by atoms with van der Waals surface area (Å²) in [5, 5.41) is 17.9. The molecule has 11 aromatic heterocycles. The fourth-order valence-electron chi connectivity index (χ4n) is 22.8. The second-order valence-corrected chi connectivity index (χ2v) is 37.3. The highest BCUT2D eigenvalue weighted by atomic mass is 16.3. The molecule has 0 bridgehead atoms. The Balaban J connectivity index is 0.000000102. The summed E-state index contributed by atoms with van der Waals surface area (Å²) in [5.41, 5.74) is 33.3. The van der Waals surface area contributed by atoms with E-state index in [1.54, 1.807) is 0 Å². The van der Waals surface area contributed by atoms with Crippen LogP contribution in [0.25, 0.3) is 277 Å². The van der Waals surface area contributed by atoms with Crippen LogP contribution in [0.4, 0.5) is 0 Å². The monoisotopic (exact) mass is 1830 g/mol. The Labute approximate surface area is 816 Å². The minimum absolute atomic E-state index is 0.0640. The summed E-state index contributed by atoms with van der Waals surface area (Å²) in [5.74, 6) is 1.91. The van der Waals surface area contributed by atoms with Crippen LogP contribution >= 0.6 is 0 Å². The summed E-state index contributed by atoms with van der Waals surface area (Å²) < 4.78 is 34.9. The fourth-order valence-corrected chi connectivity index (χ4v) is 22.8. The Morgan fingerprint density at radius 2 is 0.517 bits per heavy atom. The van der Waals surface area contributed by atoms with Crippen LogP contribution in [0.2, 0.25) is 0 Å². The summed E-state index contributed by atoms with van der Waals surface area (Å²) in [6.07, 6.45) is 0. The number of rotatable bonds is 10. The van der Waals surface area contributed by atoms with Gasteiger partial charge in [0.25, 0.3) is 0 Å². The molecule has 0 N–H and O–H groups in total. The molecule has 670 valence electrons. The second kappa shape index (κ2) is 32.0. The normalized spacial score (nSPS) is 12.5. The predicted octanol–water partition coefficient (Wildman–Crippen LogP) is 33.7. The molecule has 0 fully saturated rings. The Morgan fingerprint density at radius 1 is 0.196 bits per heavy atom. The SMILES string of the molecule is CC1(C)c2ccccc2-c2c1ccc1c2c2ccccc2n1-c1cccc(-c2nc(-c3ccccc3)nc3oc4ccccc4c23)c1.c1ccc(-c2nc(-c3cccc(-n4c5ccccc5c5c6c7ccccc7n(-c7ccccc7)c6ccc54)c3)c3c(n2)oc2ccccc23)cc1.c1ccc(-c2nc(-c3ccccc3-n3c4ccccc4c4c5c(ccc43)oc3ccccc35)c3c(n2)oc2ccccc23)cc1. The van der Waals surface area contributed by atoms with Crippen LogP contribution in [-0.4, -0.2) is 48.2 Å². The third kappa shape index (κ3) is 12.6. The Hall–Kier alpha value is -19.2. The molecule has 1 aliphatic carbocycles. The maximum Gasteiger partial charge on any atom is 0.231 e. The van der Waals surface area contributed by atoms with E-state index >= 15 is 0 Å². The number of hydrogen-bond donors (Lipinski definition) is 0. The van der Waals surface area contributed by atoms with Crippen molar-refractivity contribution in [1.29, 1.82) is 0 Å². The van der Waals surface area contributed by atoms with E-state index in [9.17, 15) is 0 Å². The van der Waals surface area contributed by atoms with E-state index in [0.717, 1.165) is 166 Å². The molecule has 0 spiro atoms. The van der Waals surface area contributed by atoms with Crippen LogP contribution < -0.4 is 0 Å². The van der Waals surface area contributed by atoms with Crippen LogP contribution in [-0.2, 0) is 5.41 Å². The van der Waals surface area contributed by atoms with Crippen molar-refractivity contribution in [3.63, 3.8) is 0 Å². The highest BCUT2D eigenvalue weighted by Gasteiger charge is 2.38. The van der Waals surface area contributed by atoms with Crippen molar-refractivity contribution in [2.24, 2.45) is 0 Å². The van der Waals surface area contributed by atoms with Gasteiger partial charge in [-0.3, -0.25) is 0 Å². The lowest BCUT2D eigenvalue weighted by Crippen LogP contribution is -2.14. The lowest BCUT2D eigenvalue weighted by molar-refractivity contribution is 0.653. The van der Waals surface area contributed by atoms with Crippen LogP contribution in [0.15, 0.2) is 467 Å². The first-order chi connectivity index (χ1) is 70.7. The minimum Gasteiger partial charge on any atom is -0.456 e. The molecular weight excluding hydrogens is 1750 g/mol. The highest BCUT2D eigenvalue weighted by molar-refractivity contribution is 6.31. The average molecular weight is 1830 g/mol. The van der Waals surface area contributed by atoms with Crippen molar-refractivity contribution >= 4 is 175 Å².